The second kappa shape index (κ2) is 7.71. The fourth-order valence-electron chi connectivity index (χ4n) is 0.586. The minimum Gasteiger partial charge on any atom is -0.344 e. The van der Waals surface area contributed by atoms with Crippen molar-refractivity contribution in [2.24, 2.45) is 0 Å². The Kier molecular flexibility index (Phi) is 9.37. The van der Waals surface area contributed by atoms with E-state index in [-0.39, 0.29) is 6.15 Å². The minimum absolute atomic E-state index is 0. The molecule has 0 fully saturated rings. The van der Waals surface area contributed by atoms with Gasteiger partial charge in [0.25, 0.3) is 0 Å². The van der Waals surface area contributed by atoms with Crippen molar-refractivity contribution in [2.75, 3.05) is 19.8 Å². The van der Waals surface area contributed by atoms with Crippen LogP contribution >= 0.6 is 7.82 Å². The summed E-state index contributed by atoms with van der Waals surface area (Å²) in [7, 11) is -3.22. The predicted molar refractivity (Wildman–Crippen MR) is 47.5 cm³/mol. The molecule has 0 atom stereocenters. The Morgan fingerprint density at radius 3 is 1.33 bits per heavy atom. The molecule has 0 rings (SSSR count). The van der Waals surface area contributed by atoms with Crippen molar-refractivity contribution in [3.8, 4) is 0 Å². The molecule has 0 saturated carbocycles. The highest BCUT2D eigenvalue weighted by Crippen LogP contribution is 2.48. The highest BCUT2D eigenvalue weighted by atomic mass is 31.2. The molecule has 3 N–H and O–H groups in total. The molecule has 0 spiro atoms. The molecule has 0 aromatic heterocycles. The normalized spacial score (nSPS) is 10.9. The van der Waals surface area contributed by atoms with Gasteiger partial charge in [-0.25, -0.2) is 4.57 Å². The largest absolute Gasteiger partial charge is 0.474 e. The summed E-state index contributed by atoms with van der Waals surface area (Å²) in [4.78, 5) is 0. The van der Waals surface area contributed by atoms with Gasteiger partial charge >= 0.3 is 7.82 Å². The Balaban J connectivity index is 0. The fourth-order valence-corrected chi connectivity index (χ4v) is 1.76. The van der Waals surface area contributed by atoms with Gasteiger partial charge in [-0.2, -0.15) is 0 Å². The van der Waals surface area contributed by atoms with Gasteiger partial charge in [0.15, 0.2) is 0 Å². The summed E-state index contributed by atoms with van der Waals surface area (Å²) in [5.74, 6) is 0. The zero-order valence-electron chi connectivity index (χ0n) is 7.91. The summed E-state index contributed by atoms with van der Waals surface area (Å²) in [6.45, 7) is 6.21. The van der Waals surface area contributed by atoms with Crippen LogP contribution in [0.25, 0.3) is 0 Å². The number of hydrogen-bond acceptors (Lipinski definition) is 5. The third kappa shape index (κ3) is 5.69. The van der Waals surface area contributed by atoms with E-state index < -0.39 is 7.82 Å². The van der Waals surface area contributed by atoms with E-state index in [1.165, 1.54) is 0 Å². The number of phosphoric ester groups is 1. The van der Waals surface area contributed by atoms with Gasteiger partial charge in [0.2, 0.25) is 0 Å². The number of phosphoric acid groups is 1. The molecule has 0 amide bonds. The molecule has 0 aromatic rings. The first-order valence-electron chi connectivity index (χ1n) is 3.72. The molecule has 0 bridgehead atoms. The molecule has 0 aliphatic rings. The summed E-state index contributed by atoms with van der Waals surface area (Å²) in [6.07, 6.45) is 0. The predicted octanol–water partition coefficient (Wildman–Crippen LogP) is 2.37. The Morgan fingerprint density at radius 1 is 0.917 bits per heavy atom. The number of rotatable bonds is 6. The first kappa shape index (κ1) is 14.6. The van der Waals surface area contributed by atoms with Crippen LogP contribution in [0.5, 0.6) is 0 Å². The van der Waals surface area contributed by atoms with E-state index in [9.17, 15) is 4.57 Å². The SMILES string of the molecule is CCOP(=O)(OCC)OCC.N. The fraction of sp³-hybridized carbons (Fsp3) is 1.00. The summed E-state index contributed by atoms with van der Waals surface area (Å²) in [6, 6.07) is 0. The Bertz CT molecular complexity index is 118. The molecule has 0 heterocycles. The van der Waals surface area contributed by atoms with Crippen LogP contribution in [0, 0.1) is 0 Å². The Hall–Kier alpha value is 0.0700. The van der Waals surface area contributed by atoms with Crippen LogP contribution in [-0.2, 0) is 18.1 Å². The van der Waals surface area contributed by atoms with Crippen molar-refractivity contribution in [3.63, 3.8) is 0 Å². The van der Waals surface area contributed by atoms with Gasteiger partial charge in [-0.3, -0.25) is 13.6 Å². The molecule has 0 saturated heterocycles. The Morgan fingerprint density at radius 2 is 1.17 bits per heavy atom. The molecule has 0 aliphatic carbocycles. The maximum atomic E-state index is 11.3. The van der Waals surface area contributed by atoms with Crippen molar-refractivity contribution in [1.82, 2.24) is 6.15 Å². The Labute approximate surface area is 73.6 Å². The van der Waals surface area contributed by atoms with Crippen LogP contribution in [0.15, 0.2) is 0 Å². The van der Waals surface area contributed by atoms with Crippen LogP contribution in [0.2, 0.25) is 0 Å². The van der Waals surface area contributed by atoms with Crippen molar-refractivity contribution < 1.29 is 18.1 Å². The molecule has 0 aromatic carbocycles. The molecule has 12 heavy (non-hydrogen) atoms. The zero-order valence-corrected chi connectivity index (χ0v) is 8.80. The zero-order chi connectivity index (χ0) is 8.74. The second-order valence-electron chi connectivity index (χ2n) is 1.70. The van der Waals surface area contributed by atoms with E-state index in [1.54, 1.807) is 20.8 Å². The van der Waals surface area contributed by atoms with Crippen LogP contribution in [0.3, 0.4) is 0 Å². The molecular weight excluding hydrogens is 181 g/mol. The standard InChI is InChI=1S/C6H15O4P.H3N/c1-4-8-11(7,9-5-2)10-6-3;/h4-6H2,1-3H3;1H3. The van der Waals surface area contributed by atoms with Gasteiger partial charge in [0.1, 0.15) is 0 Å². The number of hydrogen-bond donors (Lipinski definition) is 1. The van der Waals surface area contributed by atoms with Crippen LogP contribution in [0.1, 0.15) is 20.8 Å². The van der Waals surface area contributed by atoms with Crippen molar-refractivity contribution in [2.45, 2.75) is 20.8 Å². The first-order chi connectivity index (χ1) is 5.18. The summed E-state index contributed by atoms with van der Waals surface area (Å²) < 4.78 is 25.8. The molecule has 0 radical (unpaired) electrons. The van der Waals surface area contributed by atoms with E-state index in [1.807, 2.05) is 0 Å². The van der Waals surface area contributed by atoms with Crippen LogP contribution in [-0.4, -0.2) is 19.8 Å². The lowest BCUT2D eigenvalue weighted by molar-refractivity contribution is 0.126. The van der Waals surface area contributed by atoms with Gasteiger partial charge < -0.3 is 6.15 Å². The third-order valence-corrected chi connectivity index (χ3v) is 2.58. The lowest BCUT2D eigenvalue weighted by Gasteiger charge is -2.14. The first-order valence-corrected chi connectivity index (χ1v) is 5.18. The monoisotopic (exact) mass is 199 g/mol. The molecule has 76 valence electrons. The second-order valence-corrected chi connectivity index (χ2v) is 3.37. The van der Waals surface area contributed by atoms with E-state index in [2.05, 4.69) is 0 Å². The molecule has 0 aliphatic heterocycles. The van der Waals surface area contributed by atoms with E-state index in [4.69, 9.17) is 13.6 Å². The minimum atomic E-state index is -3.22. The third-order valence-electron chi connectivity index (χ3n) is 0.862. The maximum Gasteiger partial charge on any atom is 0.474 e. The summed E-state index contributed by atoms with van der Waals surface area (Å²) >= 11 is 0. The highest BCUT2D eigenvalue weighted by Gasteiger charge is 2.23. The quantitative estimate of drug-likeness (QED) is 0.664. The van der Waals surface area contributed by atoms with Crippen molar-refractivity contribution in [1.29, 1.82) is 0 Å². The van der Waals surface area contributed by atoms with Crippen LogP contribution in [0.4, 0.5) is 0 Å². The van der Waals surface area contributed by atoms with Gasteiger partial charge in [0, 0.05) is 0 Å². The summed E-state index contributed by atoms with van der Waals surface area (Å²) in [5.41, 5.74) is 0. The topological polar surface area (TPSA) is 79.8 Å². The average Bonchev–Trinajstić information content (AvgIpc) is 1.88. The molecule has 6 heteroatoms. The average molecular weight is 199 g/mol. The lowest BCUT2D eigenvalue weighted by Crippen LogP contribution is -1.99. The molecule has 0 unspecified atom stereocenters. The summed E-state index contributed by atoms with van der Waals surface area (Å²) in [5, 5.41) is 0. The molecular formula is C6H18NO4P. The van der Waals surface area contributed by atoms with Crippen molar-refractivity contribution >= 4 is 7.82 Å². The van der Waals surface area contributed by atoms with Gasteiger partial charge in [-0.05, 0) is 20.8 Å². The highest BCUT2D eigenvalue weighted by molar-refractivity contribution is 7.48. The molecule has 5 nitrogen and oxygen atoms in total. The van der Waals surface area contributed by atoms with Crippen molar-refractivity contribution in [3.05, 3.63) is 0 Å². The van der Waals surface area contributed by atoms with Crippen LogP contribution < -0.4 is 6.15 Å². The maximum absolute atomic E-state index is 11.3. The van der Waals surface area contributed by atoms with E-state index in [0.29, 0.717) is 19.8 Å². The van der Waals surface area contributed by atoms with Gasteiger partial charge in [-0.15, -0.1) is 0 Å². The van der Waals surface area contributed by atoms with E-state index in [0.717, 1.165) is 0 Å². The van der Waals surface area contributed by atoms with Gasteiger partial charge in [0.05, 0.1) is 19.8 Å². The smallest absolute Gasteiger partial charge is 0.344 e. The van der Waals surface area contributed by atoms with E-state index >= 15 is 0 Å². The van der Waals surface area contributed by atoms with Gasteiger partial charge in [-0.1, -0.05) is 0 Å². The lowest BCUT2D eigenvalue weighted by atomic mass is 10.9.